The third-order valence-electron chi connectivity index (χ3n) is 6.16. The van der Waals surface area contributed by atoms with Gasteiger partial charge in [-0.25, -0.2) is 0 Å². The normalized spacial score (nSPS) is 10.9. The Bertz CT molecular complexity index is 1520. The molecule has 0 radical (unpaired) electrons. The summed E-state index contributed by atoms with van der Waals surface area (Å²) >= 11 is 1.42. The Kier molecular flexibility index (Phi) is 9.42. The maximum Gasteiger partial charge on any atom is 0.253 e. The van der Waals surface area contributed by atoms with Crippen LogP contribution in [0.25, 0.3) is 11.1 Å². The van der Waals surface area contributed by atoms with Gasteiger partial charge >= 0.3 is 0 Å². The van der Waals surface area contributed by atoms with E-state index < -0.39 is 0 Å². The molecule has 0 aliphatic carbocycles. The van der Waals surface area contributed by atoms with Crippen LogP contribution in [-0.2, 0) is 6.61 Å². The molecule has 206 valence electrons. The summed E-state index contributed by atoms with van der Waals surface area (Å²) in [6.45, 7) is -0.120. The zero-order valence-electron chi connectivity index (χ0n) is 23.3. The van der Waals surface area contributed by atoms with E-state index in [4.69, 9.17) is 4.74 Å². The molecule has 0 aromatic heterocycles. The zero-order chi connectivity index (χ0) is 28.6. The van der Waals surface area contributed by atoms with E-state index in [2.05, 4.69) is 15.0 Å². The Balaban J connectivity index is 1.52. The van der Waals surface area contributed by atoms with Crippen LogP contribution < -0.4 is 14.4 Å². The number of anilines is 2. The number of nitrogens with one attached hydrogen (secondary N) is 1. The lowest BCUT2D eigenvalue weighted by Crippen LogP contribution is -2.21. The number of hydrogen-bond acceptors (Lipinski definition) is 8. The standard InChI is InChI=1S/C31H33N5O3S/c1-35(2)27-13-14-28(24(17-27)20-37)33-32-25-10-7-11-26(19-25)34-40-30-18-22(12-15-29(30)39-5)21-8-6-9-23(16-21)31(38)36(3)4/h6-19,34,37H,20H2,1-5H3/b33-32+. The molecule has 0 saturated heterocycles. The van der Waals surface area contributed by atoms with Gasteiger partial charge in [-0.05, 0) is 83.7 Å². The van der Waals surface area contributed by atoms with Crippen LogP contribution in [0.3, 0.4) is 0 Å². The van der Waals surface area contributed by atoms with E-state index in [1.165, 1.54) is 11.9 Å². The molecule has 8 nitrogen and oxygen atoms in total. The molecule has 2 N–H and O–H groups in total. The fourth-order valence-electron chi connectivity index (χ4n) is 3.96. The highest BCUT2D eigenvalue weighted by Crippen LogP contribution is 2.35. The minimum atomic E-state index is -0.120. The molecule has 4 aromatic carbocycles. The number of carbonyl (C=O) groups excluding carboxylic acids is 1. The topological polar surface area (TPSA) is 89.8 Å². The molecule has 4 rings (SSSR count). The Labute approximate surface area is 239 Å². The van der Waals surface area contributed by atoms with Crippen LogP contribution in [0.5, 0.6) is 5.75 Å². The summed E-state index contributed by atoms with van der Waals surface area (Å²) in [6, 6.07) is 26.9. The summed E-state index contributed by atoms with van der Waals surface area (Å²) in [7, 11) is 9.03. The second-order valence-electron chi connectivity index (χ2n) is 9.47. The number of carbonyl (C=O) groups is 1. The van der Waals surface area contributed by atoms with Gasteiger partial charge in [0.2, 0.25) is 0 Å². The van der Waals surface area contributed by atoms with Crippen molar-refractivity contribution in [1.29, 1.82) is 0 Å². The molecule has 4 aromatic rings. The van der Waals surface area contributed by atoms with Crippen molar-refractivity contribution in [1.82, 2.24) is 4.90 Å². The first-order valence-electron chi connectivity index (χ1n) is 12.6. The largest absolute Gasteiger partial charge is 0.496 e. The number of nitrogens with zero attached hydrogens (tertiary/aromatic N) is 4. The quantitative estimate of drug-likeness (QED) is 0.159. The average molecular weight is 556 g/mol. The van der Waals surface area contributed by atoms with Gasteiger partial charge in [-0.1, -0.05) is 24.3 Å². The number of ether oxygens (including phenoxy) is 1. The minimum Gasteiger partial charge on any atom is -0.496 e. The number of rotatable bonds is 10. The van der Waals surface area contributed by atoms with E-state index >= 15 is 0 Å². The van der Waals surface area contributed by atoms with Crippen LogP contribution in [0.1, 0.15) is 15.9 Å². The van der Waals surface area contributed by atoms with E-state index in [1.54, 1.807) is 26.1 Å². The Hall–Kier alpha value is -4.34. The highest BCUT2D eigenvalue weighted by atomic mass is 32.2. The molecule has 0 atom stereocenters. The number of aliphatic hydroxyl groups is 1. The summed E-state index contributed by atoms with van der Waals surface area (Å²) < 4.78 is 8.96. The van der Waals surface area contributed by atoms with E-state index in [1.807, 2.05) is 104 Å². The van der Waals surface area contributed by atoms with Crippen molar-refractivity contribution < 1.29 is 14.6 Å². The van der Waals surface area contributed by atoms with Crippen molar-refractivity contribution in [3.8, 4) is 16.9 Å². The fraction of sp³-hybridized carbons (Fsp3) is 0.194. The number of azo groups is 1. The highest BCUT2D eigenvalue weighted by Gasteiger charge is 2.12. The maximum absolute atomic E-state index is 12.4. The van der Waals surface area contributed by atoms with Crippen molar-refractivity contribution >= 4 is 40.6 Å². The van der Waals surface area contributed by atoms with Crippen LogP contribution in [0.4, 0.5) is 22.7 Å². The molecular formula is C31H33N5O3S. The van der Waals surface area contributed by atoms with Crippen LogP contribution in [0, 0.1) is 0 Å². The van der Waals surface area contributed by atoms with Crippen molar-refractivity contribution in [2.75, 3.05) is 44.9 Å². The van der Waals surface area contributed by atoms with E-state index in [0.29, 0.717) is 22.5 Å². The van der Waals surface area contributed by atoms with Gasteiger partial charge in [0.25, 0.3) is 5.91 Å². The van der Waals surface area contributed by atoms with Gasteiger partial charge in [-0.15, -0.1) is 0 Å². The third kappa shape index (κ3) is 6.99. The molecule has 1 amide bonds. The molecule has 0 fully saturated rings. The summed E-state index contributed by atoms with van der Waals surface area (Å²) in [5.41, 5.74) is 6.40. The molecular weight excluding hydrogens is 522 g/mol. The first-order chi connectivity index (χ1) is 19.3. The minimum absolute atomic E-state index is 0.0400. The van der Waals surface area contributed by atoms with Gasteiger partial charge in [0, 0.05) is 50.7 Å². The predicted molar refractivity (Wildman–Crippen MR) is 163 cm³/mol. The van der Waals surface area contributed by atoms with Gasteiger partial charge in [-0.2, -0.15) is 10.2 Å². The number of benzene rings is 4. The van der Waals surface area contributed by atoms with Crippen molar-refractivity contribution in [2.24, 2.45) is 10.2 Å². The molecule has 0 aliphatic rings. The predicted octanol–water partition coefficient (Wildman–Crippen LogP) is 7.16. The molecule has 0 unspecified atom stereocenters. The summed E-state index contributed by atoms with van der Waals surface area (Å²) in [4.78, 5) is 16.9. The Morgan fingerprint density at radius 2 is 1.68 bits per heavy atom. The molecule has 0 bridgehead atoms. The number of aliphatic hydroxyl groups excluding tert-OH is 1. The summed E-state index contributed by atoms with van der Waals surface area (Å²) in [5.74, 6) is 0.692. The first kappa shape index (κ1) is 28.7. The Morgan fingerprint density at radius 3 is 2.40 bits per heavy atom. The van der Waals surface area contributed by atoms with Crippen LogP contribution in [0.2, 0.25) is 0 Å². The second kappa shape index (κ2) is 13.1. The lowest BCUT2D eigenvalue weighted by atomic mass is 10.0. The number of amides is 1. The zero-order valence-corrected chi connectivity index (χ0v) is 24.1. The van der Waals surface area contributed by atoms with Gasteiger partial charge < -0.3 is 24.4 Å². The SMILES string of the molecule is COc1ccc(-c2cccc(C(=O)N(C)C)c2)cc1SNc1cccc(/N=N/c2ccc(N(C)C)cc2CO)c1. The molecule has 40 heavy (non-hydrogen) atoms. The van der Waals surface area contributed by atoms with E-state index in [0.717, 1.165) is 33.1 Å². The lowest BCUT2D eigenvalue weighted by Gasteiger charge is -2.14. The van der Waals surface area contributed by atoms with E-state index in [-0.39, 0.29) is 12.5 Å². The fourth-order valence-corrected chi connectivity index (χ4v) is 4.75. The molecule has 0 aliphatic heterocycles. The summed E-state index contributed by atoms with van der Waals surface area (Å²) in [6.07, 6.45) is 0. The smallest absolute Gasteiger partial charge is 0.253 e. The number of hydrogen-bond donors (Lipinski definition) is 2. The van der Waals surface area contributed by atoms with Crippen molar-refractivity contribution in [3.63, 3.8) is 0 Å². The van der Waals surface area contributed by atoms with Crippen LogP contribution in [0.15, 0.2) is 100 Å². The van der Waals surface area contributed by atoms with Crippen LogP contribution >= 0.6 is 11.9 Å². The molecule has 0 spiro atoms. The van der Waals surface area contributed by atoms with Crippen LogP contribution in [-0.4, -0.2) is 51.2 Å². The molecule has 0 saturated carbocycles. The second-order valence-corrected chi connectivity index (χ2v) is 10.3. The summed E-state index contributed by atoms with van der Waals surface area (Å²) in [5, 5.41) is 18.5. The first-order valence-corrected chi connectivity index (χ1v) is 13.5. The van der Waals surface area contributed by atoms with Crippen molar-refractivity contribution in [2.45, 2.75) is 11.5 Å². The van der Waals surface area contributed by atoms with Gasteiger partial charge in [0.1, 0.15) is 5.75 Å². The van der Waals surface area contributed by atoms with Gasteiger partial charge in [-0.3, -0.25) is 4.79 Å². The van der Waals surface area contributed by atoms with E-state index in [9.17, 15) is 9.90 Å². The number of methoxy groups -OCH3 is 1. The third-order valence-corrected chi connectivity index (χ3v) is 7.04. The van der Waals surface area contributed by atoms with Gasteiger partial charge in [0.15, 0.2) is 0 Å². The van der Waals surface area contributed by atoms with Gasteiger partial charge in [0.05, 0.1) is 30.0 Å². The monoisotopic (exact) mass is 555 g/mol. The maximum atomic E-state index is 12.4. The lowest BCUT2D eigenvalue weighted by molar-refractivity contribution is 0.0827. The highest BCUT2D eigenvalue weighted by molar-refractivity contribution is 8.00. The van der Waals surface area contributed by atoms with Crippen molar-refractivity contribution in [3.05, 3.63) is 96.1 Å². The average Bonchev–Trinajstić information content (AvgIpc) is 2.98. The molecule has 0 heterocycles. The molecule has 9 heteroatoms. The Morgan fingerprint density at radius 1 is 0.900 bits per heavy atom.